The van der Waals surface area contributed by atoms with Crippen molar-refractivity contribution in [3.05, 3.63) is 65.2 Å². The van der Waals surface area contributed by atoms with Gasteiger partial charge in [-0.15, -0.1) is 0 Å². The van der Waals surface area contributed by atoms with Crippen molar-refractivity contribution in [3.8, 4) is 0 Å². The molecule has 0 aliphatic carbocycles. The monoisotopic (exact) mass is 379 g/mol. The largest absolute Gasteiger partial charge is 0.325 e. The third-order valence-electron chi connectivity index (χ3n) is 4.53. The topological polar surface area (TPSA) is 61.4 Å². The molecule has 0 saturated carbocycles. The van der Waals surface area contributed by atoms with E-state index in [0.717, 1.165) is 29.9 Å². The Morgan fingerprint density at radius 3 is 2.25 bits per heavy atom. The average molecular weight is 380 g/mol. The van der Waals surface area contributed by atoms with Crippen molar-refractivity contribution in [1.29, 1.82) is 0 Å². The van der Waals surface area contributed by atoms with Crippen molar-refractivity contribution in [2.45, 2.75) is 27.7 Å². The number of hydrogen-bond acceptors (Lipinski definition) is 3. The lowest BCUT2D eigenvalue weighted by Gasteiger charge is -2.18. The summed E-state index contributed by atoms with van der Waals surface area (Å²) < 4.78 is 0. The van der Waals surface area contributed by atoms with E-state index in [4.69, 9.17) is 0 Å². The van der Waals surface area contributed by atoms with E-state index in [1.165, 1.54) is 11.6 Å². The number of nitrogens with zero attached hydrogens (tertiary/aromatic N) is 1. The molecule has 5 heteroatoms. The van der Waals surface area contributed by atoms with Gasteiger partial charge in [-0.3, -0.25) is 14.5 Å². The summed E-state index contributed by atoms with van der Waals surface area (Å²) >= 11 is 0. The minimum atomic E-state index is -0.196. The molecule has 0 unspecified atom stereocenters. The van der Waals surface area contributed by atoms with Crippen LogP contribution in [0.2, 0.25) is 0 Å². The Hall–Kier alpha value is -2.92. The normalized spacial score (nSPS) is 11.0. The number of rotatable bonds is 8. The van der Waals surface area contributed by atoms with Crippen LogP contribution in [0, 0.1) is 13.8 Å². The molecule has 148 valence electrons. The fourth-order valence-electron chi connectivity index (χ4n) is 2.76. The molecule has 0 aliphatic heterocycles. The number of carbonyl (C=O) groups excluding carboxylic acids is 2. The Balaban J connectivity index is 1.94. The molecule has 2 N–H and O–H groups in total. The summed E-state index contributed by atoms with van der Waals surface area (Å²) in [5, 5.41) is 5.78. The molecule has 0 aliphatic rings. The van der Waals surface area contributed by atoms with Gasteiger partial charge in [-0.2, -0.15) is 0 Å². The smallest absolute Gasteiger partial charge is 0.248 e. The molecule has 2 amide bonds. The summed E-state index contributed by atoms with van der Waals surface area (Å²) in [6, 6.07) is 13.4. The van der Waals surface area contributed by atoms with E-state index in [1.807, 2.05) is 64.1 Å². The van der Waals surface area contributed by atoms with Gasteiger partial charge in [0.2, 0.25) is 11.8 Å². The molecule has 2 aromatic rings. The molecule has 0 aromatic heterocycles. The fraction of sp³-hybridized carbons (Fsp3) is 0.304. The first kappa shape index (κ1) is 21.4. The lowest BCUT2D eigenvalue weighted by molar-refractivity contribution is -0.117. The van der Waals surface area contributed by atoms with Crippen LogP contribution < -0.4 is 10.6 Å². The van der Waals surface area contributed by atoms with E-state index < -0.39 is 0 Å². The SMILES string of the molecule is CCN(CC)CC(=O)Nc1ccc(NC(=O)/C=C/c2ccc(C)cc2)cc1C. The van der Waals surface area contributed by atoms with Crippen LogP contribution in [0.4, 0.5) is 11.4 Å². The van der Waals surface area contributed by atoms with Crippen molar-refractivity contribution < 1.29 is 9.59 Å². The van der Waals surface area contributed by atoms with Crippen LogP contribution in [0.1, 0.15) is 30.5 Å². The first-order valence-corrected chi connectivity index (χ1v) is 9.59. The molecule has 0 bridgehead atoms. The molecule has 0 fully saturated rings. The van der Waals surface area contributed by atoms with Crippen molar-refractivity contribution in [2.75, 3.05) is 30.3 Å². The number of anilines is 2. The third-order valence-corrected chi connectivity index (χ3v) is 4.53. The predicted octanol–water partition coefficient (Wildman–Crippen LogP) is 4.24. The number of aryl methyl sites for hydroxylation is 2. The van der Waals surface area contributed by atoms with Crippen molar-refractivity contribution >= 4 is 29.3 Å². The summed E-state index contributed by atoms with van der Waals surface area (Å²) in [6.07, 6.45) is 3.29. The Bertz CT molecular complexity index is 837. The van der Waals surface area contributed by atoms with Crippen LogP contribution in [0.3, 0.4) is 0 Å². The highest BCUT2D eigenvalue weighted by molar-refractivity contribution is 6.02. The van der Waals surface area contributed by atoms with Gasteiger partial charge in [0, 0.05) is 17.5 Å². The number of amides is 2. The van der Waals surface area contributed by atoms with Gasteiger partial charge in [-0.25, -0.2) is 0 Å². The Morgan fingerprint density at radius 2 is 1.64 bits per heavy atom. The van der Waals surface area contributed by atoms with E-state index in [1.54, 1.807) is 12.1 Å². The molecule has 0 atom stereocenters. The molecule has 0 radical (unpaired) electrons. The Morgan fingerprint density at radius 1 is 0.964 bits per heavy atom. The maximum absolute atomic E-state index is 12.2. The zero-order chi connectivity index (χ0) is 20.5. The maximum Gasteiger partial charge on any atom is 0.248 e. The fourth-order valence-corrected chi connectivity index (χ4v) is 2.76. The van der Waals surface area contributed by atoms with Crippen LogP contribution in [0.5, 0.6) is 0 Å². The third kappa shape index (κ3) is 6.67. The zero-order valence-electron chi connectivity index (χ0n) is 17.1. The molecular weight excluding hydrogens is 350 g/mol. The van der Waals surface area contributed by atoms with Gasteiger partial charge in [0.15, 0.2) is 0 Å². The lowest BCUT2D eigenvalue weighted by Crippen LogP contribution is -2.33. The number of nitrogens with one attached hydrogen (secondary N) is 2. The summed E-state index contributed by atoms with van der Waals surface area (Å²) in [6.45, 7) is 10.0. The van der Waals surface area contributed by atoms with Gasteiger partial charge in [0.25, 0.3) is 0 Å². The minimum absolute atomic E-state index is 0.0374. The minimum Gasteiger partial charge on any atom is -0.325 e. The molecule has 0 saturated heterocycles. The molecule has 0 heterocycles. The lowest BCUT2D eigenvalue weighted by atomic mass is 10.1. The van der Waals surface area contributed by atoms with Crippen LogP contribution in [-0.4, -0.2) is 36.3 Å². The Labute approximate surface area is 167 Å². The molecule has 2 rings (SSSR count). The standard InChI is InChI=1S/C23H29N3O2/c1-5-26(6-2)16-23(28)25-21-13-12-20(15-18(21)4)24-22(27)14-11-19-9-7-17(3)8-10-19/h7-15H,5-6,16H2,1-4H3,(H,24,27)(H,25,28)/b14-11+. The summed E-state index contributed by atoms with van der Waals surface area (Å²) in [5.41, 5.74) is 4.50. The van der Waals surface area contributed by atoms with Crippen molar-refractivity contribution in [1.82, 2.24) is 4.90 Å². The highest BCUT2D eigenvalue weighted by atomic mass is 16.2. The van der Waals surface area contributed by atoms with E-state index in [0.29, 0.717) is 12.2 Å². The second kappa shape index (κ2) is 10.4. The first-order chi connectivity index (χ1) is 13.4. The van der Waals surface area contributed by atoms with Crippen LogP contribution in [0.25, 0.3) is 6.08 Å². The quantitative estimate of drug-likeness (QED) is 0.675. The van der Waals surface area contributed by atoms with Gasteiger partial charge in [-0.1, -0.05) is 43.7 Å². The summed E-state index contributed by atoms with van der Waals surface area (Å²) in [7, 11) is 0. The van der Waals surface area contributed by atoms with Crippen LogP contribution in [0.15, 0.2) is 48.5 Å². The van der Waals surface area contributed by atoms with Gasteiger partial charge in [0.05, 0.1) is 6.54 Å². The van der Waals surface area contributed by atoms with E-state index in [9.17, 15) is 9.59 Å². The van der Waals surface area contributed by atoms with Crippen molar-refractivity contribution in [2.24, 2.45) is 0 Å². The highest BCUT2D eigenvalue weighted by Gasteiger charge is 2.09. The van der Waals surface area contributed by atoms with Crippen LogP contribution in [-0.2, 0) is 9.59 Å². The summed E-state index contributed by atoms with van der Waals surface area (Å²) in [5.74, 6) is -0.233. The molecule has 28 heavy (non-hydrogen) atoms. The number of hydrogen-bond donors (Lipinski definition) is 2. The molecule has 0 spiro atoms. The van der Waals surface area contributed by atoms with Gasteiger partial charge in [0.1, 0.15) is 0 Å². The highest BCUT2D eigenvalue weighted by Crippen LogP contribution is 2.20. The molecular formula is C23H29N3O2. The van der Waals surface area contributed by atoms with Gasteiger partial charge < -0.3 is 10.6 Å². The maximum atomic E-state index is 12.2. The number of carbonyl (C=O) groups is 2. The van der Waals surface area contributed by atoms with E-state index >= 15 is 0 Å². The zero-order valence-corrected chi connectivity index (χ0v) is 17.1. The second-order valence-corrected chi connectivity index (χ2v) is 6.77. The van der Waals surface area contributed by atoms with E-state index in [2.05, 4.69) is 15.5 Å². The van der Waals surface area contributed by atoms with Gasteiger partial charge >= 0.3 is 0 Å². The molecule has 5 nitrogen and oxygen atoms in total. The number of benzene rings is 2. The second-order valence-electron chi connectivity index (χ2n) is 6.77. The van der Waals surface area contributed by atoms with Gasteiger partial charge in [-0.05, 0) is 62.3 Å². The average Bonchev–Trinajstić information content (AvgIpc) is 2.68. The first-order valence-electron chi connectivity index (χ1n) is 9.59. The number of likely N-dealkylation sites (N-methyl/N-ethyl adjacent to an activating group) is 1. The Kier molecular flexibility index (Phi) is 7.96. The predicted molar refractivity (Wildman–Crippen MR) is 116 cm³/mol. The molecule has 2 aromatic carbocycles. The van der Waals surface area contributed by atoms with Crippen LogP contribution >= 0.6 is 0 Å². The summed E-state index contributed by atoms with van der Waals surface area (Å²) in [4.78, 5) is 26.4. The van der Waals surface area contributed by atoms with Crippen molar-refractivity contribution in [3.63, 3.8) is 0 Å². The van der Waals surface area contributed by atoms with E-state index in [-0.39, 0.29) is 11.8 Å².